The molecule has 8 aliphatic rings. The van der Waals surface area contributed by atoms with Crippen molar-refractivity contribution in [1.82, 2.24) is 16.0 Å². The van der Waals surface area contributed by atoms with Crippen LogP contribution in [0.3, 0.4) is 0 Å². The maximum atomic E-state index is 14.4. The van der Waals surface area contributed by atoms with E-state index >= 15 is 0 Å². The van der Waals surface area contributed by atoms with Gasteiger partial charge in [-0.15, -0.1) is 0 Å². The SMILES string of the molecule is C[C@]12C=CC(=O)C=C1CC[C@@H]1[C@@H]2[C@@H](O)C[C@@]2(C)[C@H]1C[C@H]1OC(c3ccc(CC45CCC(NC(=O)[C@H](CCC(=O)O)NC(=O)CNC(=O)CBr)(CC4)CO5)cc3)O[C@]12C(=O)COP(=O)(O)O. The molecule has 3 saturated heterocycles. The normalized spacial score (nSPS) is 37.2. The van der Waals surface area contributed by atoms with Crippen LogP contribution >= 0.6 is 23.8 Å². The summed E-state index contributed by atoms with van der Waals surface area (Å²) in [5, 5.41) is 29.3. The lowest BCUT2D eigenvalue weighted by Crippen LogP contribution is -2.65. The minimum absolute atomic E-state index is 0.00433. The van der Waals surface area contributed by atoms with Crippen molar-refractivity contribution in [2.75, 3.05) is 25.1 Å². The highest BCUT2D eigenvalue weighted by atomic mass is 79.9. The second-order valence-electron chi connectivity index (χ2n) is 19.6. The van der Waals surface area contributed by atoms with Crippen molar-refractivity contribution in [2.45, 2.75) is 126 Å². The standard InChI is InChI=1S/C45H57BrN3O15P/c1-41-12-11-28(50)17-27(41)7-8-29-30-18-34-45(33(52)23-62-65(58,59)60,42(30,2)20-32(51)38(29)41)64-40(63-34)26-5-3-25(4-6-26)19-44-15-13-43(14-16-44,24-61-44)49-39(57)31(9-10-37(55)56)48-36(54)22-47-35(53)21-46/h3-6,11-12,17,29-32,34,38,40,51H,7-10,13-16,18-24H2,1-2H3,(H,47,53)(H,48,54)(H,49,57)(H,55,56)(H2,58,59,60)/t29-,30-,31-,32-,34+,38+,40?,41-,42-,43?,44?,45+/m0/s1. The van der Waals surface area contributed by atoms with E-state index in [1.54, 1.807) is 12.2 Å². The number of amides is 3. The Morgan fingerprint density at radius 1 is 1.05 bits per heavy atom. The molecule has 7 N–H and O–H groups in total. The molecule has 1 aromatic rings. The number of nitrogens with one attached hydrogen (secondary N) is 3. The Hall–Kier alpha value is -3.65. The molecule has 1 aromatic carbocycles. The number of aliphatic hydroxyl groups is 1. The van der Waals surface area contributed by atoms with Crippen LogP contribution in [0.25, 0.3) is 0 Å². The largest absolute Gasteiger partial charge is 0.481 e. The number of ketones is 2. The van der Waals surface area contributed by atoms with Crippen LogP contribution in [-0.2, 0) is 58.5 Å². The van der Waals surface area contributed by atoms with E-state index in [1.165, 1.54) is 0 Å². The fourth-order valence-electron chi connectivity index (χ4n) is 12.6. The second-order valence-corrected chi connectivity index (χ2v) is 21.4. The molecule has 20 heteroatoms. The average molecular weight is 991 g/mol. The van der Waals surface area contributed by atoms with Crippen molar-refractivity contribution >= 4 is 59.0 Å². The number of Topliss-reactive ketones (excluding diaryl/α,β-unsaturated/α-hetero) is 1. The Balaban J connectivity index is 0.938. The summed E-state index contributed by atoms with van der Waals surface area (Å²) >= 11 is 3.00. The molecule has 1 unspecified atom stereocenters. The Bertz CT molecular complexity index is 2210. The first-order valence-corrected chi connectivity index (χ1v) is 24.9. The summed E-state index contributed by atoms with van der Waals surface area (Å²) < 4.78 is 36.5. The predicted octanol–water partition coefficient (Wildman–Crippen LogP) is 3.01. The summed E-state index contributed by atoms with van der Waals surface area (Å²) in [7, 11) is -5.03. The number of rotatable bonds is 16. The van der Waals surface area contributed by atoms with Crippen molar-refractivity contribution in [2.24, 2.45) is 28.6 Å². The number of alkyl halides is 1. The molecule has 65 heavy (non-hydrogen) atoms. The molecule has 3 amide bonds. The number of allylic oxidation sites excluding steroid dienone is 4. The average Bonchev–Trinajstić information content (AvgIpc) is 3.76. The van der Waals surface area contributed by atoms with Crippen LogP contribution in [0.15, 0.2) is 48.1 Å². The number of carboxylic acids is 1. The van der Waals surface area contributed by atoms with Crippen LogP contribution in [0.4, 0.5) is 0 Å². The lowest BCUT2D eigenvalue weighted by Gasteiger charge is -2.59. The second kappa shape index (κ2) is 17.8. The van der Waals surface area contributed by atoms with Crippen LogP contribution in [0.5, 0.6) is 0 Å². The van der Waals surface area contributed by atoms with E-state index in [0.717, 1.165) is 11.1 Å². The van der Waals surface area contributed by atoms with Gasteiger partial charge in [-0.2, -0.15) is 0 Å². The first-order chi connectivity index (χ1) is 30.6. The Morgan fingerprint density at radius 2 is 1.77 bits per heavy atom. The molecule has 18 nitrogen and oxygen atoms in total. The fourth-order valence-corrected chi connectivity index (χ4v) is 13.1. The number of ether oxygens (including phenoxy) is 3. The van der Waals surface area contributed by atoms with Gasteiger partial charge in [-0.05, 0) is 87.3 Å². The molecule has 354 valence electrons. The van der Waals surface area contributed by atoms with E-state index in [-0.39, 0.29) is 61.3 Å². The van der Waals surface area contributed by atoms with Gasteiger partial charge in [-0.3, -0.25) is 33.3 Å². The monoisotopic (exact) mass is 989 g/mol. The number of benzene rings is 1. The predicted molar refractivity (Wildman–Crippen MR) is 232 cm³/mol. The third kappa shape index (κ3) is 8.97. The van der Waals surface area contributed by atoms with Gasteiger partial charge in [-0.1, -0.05) is 65.7 Å². The van der Waals surface area contributed by atoms with Crippen molar-refractivity contribution < 1.29 is 72.1 Å². The number of aliphatic hydroxyl groups excluding tert-OH is 1. The van der Waals surface area contributed by atoms with E-state index in [4.69, 9.17) is 18.7 Å². The van der Waals surface area contributed by atoms with Gasteiger partial charge < -0.3 is 50.2 Å². The molecule has 10 atom stereocenters. The van der Waals surface area contributed by atoms with Crippen molar-refractivity contribution in [1.29, 1.82) is 0 Å². The molecule has 9 rings (SSSR count). The number of halogens is 1. The fraction of sp³-hybridized carbons (Fsp3) is 0.644. The quantitative estimate of drug-likeness (QED) is 0.0927. The van der Waals surface area contributed by atoms with Crippen LogP contribution < -0.4 is 16.0 Å². The van der Waals surface area contributed by atoms with Gasteiger partial charge in [0, 0.05) is 35.2 Å². The highest BCUT2D eigenvalue weighted by Crippen LogP contribution is 2.70. The molecule has 3 aliphatic heterocycles. The van der Waals surface area contributed by atoms with Crippen molar-refractivity contribution in [3.8, 4) is 0 Å². The van der Waals surface area contributed by atoms with Gasteiger partial charge in [0.25, 0.3) is 0 Å². The number of aliphatic carboxylic acids is 1. The molecule has 2 bridgehead atoms. The van der Waals surface area contributed by atoms with Gasteiger partial charge in [-0.25, -0.2) is 4.57 Å². The summed E-state index contributed by atoms with van der Waals surface area (Å²) in [6.07, 6.45) is 6.84. The van der Waals surface area contributed by atoms with Gasteiger partial charge in [0.05, 0.1) is 41.8 Å². The number of phosphoric ester groups is 1. The first kappa shape index (κ1) is 47.8. The molecule has 0 spiro atoms. The number of carboxylic acid groups (broad SMARTS) is 1. The highest BCUT2D eigenvalue weighted by molar-refractivity contribution is 9.09. The minimum atomic E-state index is -5.03. The van der Waals surface area contributed by atoms with Crippen LogP contribution in [-0.4, -0.2) is 115 Å². The van der Waals surface area contributed by atoms with E-state index in [2.05, 4.69) is 38.8 Å². The molecular formula is C45H57BrN3O15P. The zero-order chi connectivity index (χ0) is 46.7. The molecule has 5 aliphatic carbocycles. The van der Waals surface area contributed by atoms with Gasteiger partial charge >= 0.3 is 13.8 Å². The van der Waals surface area contributed by atoms with Crippen LogP contribution in [0.1, 0.15) is 95.5 Å². The zero-order valence-corrected chi connectivity index (χ0v) is 38.8. The third-order valence-electron chi connectivity index (χ3n) is 15.8. The molecule has 3 heterocycles. The third-order valence-corrected chi connectivity index (χ3v) is 16.8. The number of carbonyl (C=O) groups excluding carboxylic acids is 5. The Labute approximate surface area is 384 Å². The highest BCUT2D eigenvalue weighted by Gasteiger charge is 2.76. The molecule has 4 saturated carbocycles. The van der Waals surface area contributed by atoms with Gasteiger partial charge in [0.15, 0.2) is 23.5 Å². The molecule has 0 aromatic heterocycles. The zero-order valence-electron chi connectivity index (χ0n) is 36.3. The topological polar surface area (TPSA) is 273 Å². The molecule has 7 fully saturated rings. The van der Waals surface area contributed by atoms with E-state index in [1.807, 2.05) is 37.3 Å². The van der Waals surface area contributed by atoms with Gasteiger partial charge in [0.2, 0.25) is 17.7 Å². The number of hydrogen-bond acceptors (Lipinski definition) is 12. The first-order valence-electron chi connectivity index (χ1n) is 22.2. The number of carbonyl (C=O) groups is 6. The van der Waals surface area contributed by atoms with Crippen molar-refractivity contribution in [3.05, 3.63) is 59.2 Å². The smallest absolute Gasteiger partial charge is 0.470 e. The summed E-state index contributed by atoms with van der Waals surface area (Å²) in [6.45, 7) is 2.90. The summed E-state index contributed by atoms with van der Waals surface area (Å²) in [6, 6.07) is 6.45. The molecule has 0 radical (unpaired) electrons. The number of hydrogen-bond donors (Lipinski definition) is 7. The summed E-state index contributed by atoms with van der Waals surface area (Å²) in [4.78, 5) is 94.9. The van der Waals surface area contributed by atoms with Crippen LogP contribution in [0.2, 0.25) is 0 Å². The Kier molecular flexibility index (Phi) is 13.1. The lowest BCUT2D eigenvalue weighted by atomic mass is 9.46. The maximum absolute atomic E-state index is 14.4. The summed E-state index contributed by atoms with van der Waals surface area (Å²) in [5.74, 6) is -3.88. The minimum Gasteiger partial charge on any atom is -0.481 e. The van der Waals surface area contributed by atoms with Crippen LogP contribution in [0, 0.1) is 28.6 Å². The lowest BCUT2D eigenvalue weighted by molar-refractivity contribution is -0.200. The summed E-state index contributed by atoms with van der Waals surface area (Å²) in [5.41, 5.74) is -1.89. The Morgan fingerprint density at radius 3 is 2.42 bits per heavy atom. The van der Waals surface area contributed by atoms with Crippen molar-refractivity contribution in [3.63, 3.8) is 0 Å². The van der Waals surface area contributed by atoms with E-state index in [0.29, 0.717) is 56.9 Å². The van der Waals surface area contributed by atoms with E-state index in [9.17, 15) is 53.3 Å². The van der Waals surface area contributed by atoms with Gasteiger partial charge in [0.1, 0.15) is 12.6 Å². The maximum Gasteiger partial charge on any atom is 0.470 e. The van der Waals surface area contributed by atoms with E-state index < -0.39 is 96.0 Å². The number of phosphoric acid groups is 1. The molecular weight excluding hydrogens is 933 g/mol. The number of fused-ring (bicyclic) bond motifs is 10.